The normalized spacial score (nSPS) is 9.78. The fourth-order valence-electron chi connectivity index (χ4n) is 1.38. The summed E-state index contributed by atoms with van der Waals surface area (Å²) >= 11 is 1.33. The maximum Gasteiger partial charge on any atom is 0.344 e. The topological polar surface area (TPSA) is 26.3 Å². The number of thioether (sulfide) groups is 1. The van der Waals surface area contributed by atoms with Crippen molar-refractivity contribution in [3.63, 3.8) is 0 Å². The molecule has 0 heterocycles. The van der Waals surface area contributed by atoms with E-state index in [0.29, 0.717) is 10.7 Å². The zero-order valence-electron chi connectivity index (χ0n) is 9.71. The van der Waals surface area contributed by atoms with Gasteiger partial charge in [0.1, 0.15) is 0 Å². The van der Waals surface area contributed by atoms with Crippen LogP contribution in [0.15, 0.2) is 77.2 Å². The molecule has 0 saturated carbocycles. The van der Waals surface area contributed by atoms with Crippen LogP contribution in [0.2, 0.25) is 0 Å². The van der Waals surface area contributed by atoms with Crippen LogP contribution in [-0.2, 0) is 4.74 Å². The van der Waals surface area contributed by atoms with E-state index in [1.165, 1.54) is 11.8 Å². The van der Waals surface area contributed by atoms with E-state index in [9.17, 15) is 4.79 Å². The lowest BCUT2D eigenvalue weighted by molar-refractivity contribution is 0.0653. The van der Waals surface area contributed by atoms with Crippen molar-refractivity contribution in [3.05, 3.63) is 77.9 Å². The van der Waals surface area contributed by atoms with Gasteiger partial charge in [0.15, 0.2) is 5.09 Å². The van der Waals surface area contributed by atoms with Crippen molar-refractivity contribution in [2.75, 3.05) is 0 Å². The van der Waals surface area contributed by atoms with Crippen molar-refractivity contribution in [1.29, 1.82) is 0 Å². The number of benzene rings is 2. The van der Waals surface area contributed by atoms with Gasteiger partial charge in [0.2, 0.25) is 0 Å². The largest absolute Gasteiger partial charge is 0.416 e. The van der Waals surface area contributed by atoms with Gasteiger partial charge in [-0.2, -0.15) is 0 Å². The molecule has 0 bridgehead atoms. The standard InChI is InChI=1S/C15H12O2S/c1-12(18-14-10-6-3-7-11-14)17-15(16)13-8-4-2-5-9-13/h2-11H,1H2. The Morgan fingerprint density at radius 3 is 2.11 bits per heavy atom. The van der Waals surface area contributed by atoms with Crippen LogP contribution in [0, 0.1) is 0 Å². The van der Waals surface area contributed by atoms with E-state index in [4.69, 9.17) is 4.74 Å². The second-order valence-corrected chi connectivity index (χ2v) is 4.67. The highest BCUT2D eigenvalue weighted by Gasteiger charge is 2.09. The predicted octanol–water partition coefficient (Wildman–Crippen LogP) is 4.11. The molecule has 18 heavy (non-hydrogen) atoms. The second-order valence-electron chi connectivity index (χ2n) is 3.54. The number of ether oxygens (including phenoxy) is 1. The van der Waals surface area contributed by atoms with Crippen LogP contribution >= 0.6 is 11.8 Å². The molecule has 0 saturated heterocycles. The monoisotopic (exact) mass is 256 g/mol. The molecule has 2 aromatic rings. The third-order valence-electron chi connectivity index (χ3n) is 2.19. The molecule has 2 nitrogen and oxygen atoms in total. The smallest absolute Gasteiger partial charge is 0.344 e. The summed E-state index contributed by atoms with van der Waals surface area (Å²) < 4.78 is 5.17. The van der Waals surface area contributed by atoms with Crippen LogP contribution in [-0.4, -0.2) is 5.97 Å². The van der Waals surface area contributed by atoms with Gasteiger partial charge in [0.05, 0.1) is 5.56 Å². The Morgan fingerprint density at radius 1 is 0.944 bits per heavy atom. The van der Waals surface area contributed by atoms with E-state index in [1.54, 1.807) is 24.3 Å². The average molecular weight is 256 g/mol. The SMILES string of the molecule is C=C(OC(=O)c1ccccc1)Sc1ccccc1. The van der Waals surface area contributed by atoms with Crippen molar-refractivity contribution in [2.45, 2.75) is 4.90 Å². The molecule has 0 aliphatic heterocycles. The van der Waals surface area contributed by atoms with Gasteiger partial charge in [0, 0.05) is 4.90 Å². The van der Waals surface area contributed by atoms with Crippen LogP contribution < -0.4 is 0 Å². The van der Waals surface area contributed by atoms with Gasteiger partial charge in [0.25, 0.3) is 0 Å². The third-order valence-corrected chi connectivity index (χ3v) is 3.01. The highest BCUT2D eigenvalue weighted by molar-refractivity contribution is 8.02. The number of carbonyl (C=O) groups excluding carboxylic acids is 1. The van der Waals surface area contributed by atoms with Crippen LogP contribution in [0.25, 0.3) is 0 Å². The second kappa shape index (κ2) is 6.07. The molecule has 0 unspecified atom stereocenters. The summed E-state index contributed by atoms with van der Waals surface area (Å²) in [4.78, 5) is 12.7. The summed E-state index contributed by atoms with van der Waals surface area (Å²) in [5, 5.41) is 0.370. The molecule has 0 radical (unpaired) electrons. The van der Waals surface area contributed by atoms with Crippen LogP contribution in [0.4, 0.5) is 0 Å². The van der Waals surface area contributed by atoms with E-state index in [-0.39, 0.29) is 5.97 Å². The Bertz CT molecular complexity index is 535. The Hall–Kier alpha value is -2.00. The molecule has 0 spiro atoms. The molecule has 0 fully saturated rings. The predicted molar refractivity (Wildman–Crippen MR) is 73.3 cm³/mol. The summed E-state index contributed by atoms with van der Waals surface area (Å²) in [5.41, 5.74) is 0.521. The van der Waals surface area contributed by atoms with E-state index < -0.39 is 0 Å². The van der Waals surface area contributed by atoms with Gasteiger partial charge in [-0.15, -0.1) is 0 Å². The minimum atomic E-state index is -0.385. The summed E-state index contributed by atoms with van der Waals surface area (Å²) in [5.74, 6) is -0.385. The third kappa shape index (κ3) is 3.50. The lowest BCUT2D eigenvalue weighted by Crippen LogP contribution is -2.02. The summed E-state index contributed by atoms with van der Waals surface area (Å²) in [6.07, 6.45) is 0. The molecule has 0 aliphatic rings. The molecule has 2 aromatic carbocycles. The van der Waals surface area contributed by atoms with E-state index in [1.807, 2.05) is 36.4 Å². The first kappa shape index (κ1) is 12.5. The Kier molecular flexibility index (Phi) is 4.20. The molecular formula is C15H12O2S. The highest BCUT2D eigenvalue weighted by atomic mass is 32.2. The van der Waals surface area contributed by atoms with Gasteiger partial charge in [-0.3, -0.25) is 0 Å². The first-order valence-corrected chi connectivity index (χ1v) is 6.26. The molecule has 0 aromatic heterocycles. The first-order valence-electron chi connectivity index (χ1n) is 5.45. The molecule has 0 aliphatic carbocycles. The van der Waals surface area contributed by atoms with Gasteiger partial charge in [-0.25, -0.2) is 4.79 Å². The molecular weight excluding hydrogens is 244 g/mol. The lowest BCUT2D eigenvalue weighted by Gasteiger charge is -2.06. The van der Waals surface area contributed by atoms with Crippen molar-refractivity contribution in [2.24, 2.45) is 0 Å². The van der Waals surface area contributed by atoms with Crippen LogP contribution in [0.1, 0.15) is 10.4 Å². The fourth-order valence-corrected chi connectivity index (χ4v) is 2.05. The molecule has 0 atom stereocenters. The maximum atomic E-state index is 11.7. The van der Waals surface area contributed by atoms with Gasteiger partial charge in [-0.05, 0) is 30.8 Å². The zero-order valence-corrected chi connectivity index (χ0v) is 10.5. The Labute approximate surface area is 110 Å². The van der Waals surface area contributed by atoms with Crippen LogP contribution in [0.5, 0.6) is 0 Å². The number of carbonyl (C=O) groups is 1. The zero-order chi connectivity index (χ0) is 12.8. The summed E-state index contributed by atoms with van der Waals surface area (Å²) in [6, 6.07) is 18.5. The average Bonchev–Trinajstić information content (AvgIpc) is 2.40. The number of rotatable bonds is 4. The maximum absolute atomic E-state index is 11.7. The van der Waals surface area contributed by atoms with Gasteiger partial charge < -0.3 is 4.74 Å². The van der Waals surface area contributed by atoms with Crippen LogP contribution in [0.3, 0.4) is 0 Å². The first-order chi connectivity index (χ1) is 8.75. The minimum absolute atomic E-state index is 0.370. The Morgan fingerprint density at radius 2 is 1.50 bits per heavy atom. The number of hydrogen-bond acceptors (Lipinski definition) is 3. The number of esters is 1. The fraction of sp³-hybridized carbons (Fsp3) is 0. The van der Waals surface area contributed by atoms with Crippen molar-refractivity contribution < 1.29 is 9.53 Å². The molecule has 0 amide bonds. The minimum Gasteiger partial charge on any atom is -0.416 e. The highest BCUT2D eigenvalue weighted by Crippen LogP contribution is 2.26. The van der Waals surface area contributed by atoms with Gasteiger partial charge in [-0.1, -0.05) is 48.2 Å². The van der Waals surface area contributed by atoms with Crippen molar-refractivity contribution >= 4 is 17.7 Å². The van der Waals surface area contributed by atoms with E-state index in [2.05, 4.69) is 6.58 Å². The Balaban J connectivity index is 1.94. The van der Waals surface area contributed by atoms with Gasteiger partial charge >= 0.3 is 5.97 Å². The summed E-state index contributed by atoms with van der Waals surface area (Å²) in [7, 11) is 0. The molecule has 2 rings (SSSR count). The quantitative estimate of drug-likeness (QED) is 0.468. The molecule has 3 heteroatoms. The summed E-state index contributed by atoms with van der Waals surface area (Å²) in [6.45, 7) is 3.74. The molecule has 90 valence electrons. The van der Waals surface area contributed by atoms with E-state index >= 15 is 0 Å². The lowest BCUT2D eigenvalue weighted by atomic mass is 10.2. The van der Waals surface area contributed by atoms with Crippen molar-refractivity contribution in [1.82, 2.24) is 0 Å². The molecule has 0 N–H and O–H groups in total. The van der Waals surface area contributed by atoms with Crippen molar-refractivity contribution in [3.8, 4) is 0 Å². The number of hydrogen-bond donors (Lipinski definition) is 0. The van der Waals surface area contributed by atoms with E-state index in [0.717, 1.165) is 4.90 Å².